The van der Waals surface area contributed by atoms with E-state index >= 15 is 0 Å². The van der Waals surface area contributed by atoms with Crippen LogP contribution in [0.2, 0.25) is 0 Å². The molecule has 0 unspecified atom stereocenters. The summed E-state index contributed by atoms with van der Waals surface area (Å²) < 4.78 is 14.7. The van der Waals surface area contributed by atoms with Crippen LogP contribution in [0.5, 0.6) is 5.75 Å². The molecule has 21 heavy (non-hydrogen) atoms. The van der Waals surface area contributed by atoms with E-state index in [4.69, 9.17) is 24.7 Å². The topological polar surface area (TPSA) is 92.3 Å². The molecule has 0 atom stereocenters. The van der Waals surface area contributed by atoms with Crippen LogP contribution in [0.25, 0.3) is 6.08 Å². The Morgan fingerprint density at radius 2 is 1.95 bits per heavy atom. The minimum atomic E-state index is -0.695. The number of rotatable bonds is 7. The van der Waals surface area contributed by atoms with Gasteiger partial charge in [-0.3, -0.25) is 0 Å². The van der Waals surface area contributed by atoms with Crippen molar-refractivity contribution in [3.63, 3.8) is 0 Å². The summed E-state index contributed by atoms with van der Waals surface area (Å²) >= 11 is 0. The van der Waals surface area contributed by atoms with Crippen molar-refractivity contribution in [2.45, 2.75) is 0 Å². The van der Waals surface area contributed by atoms with Crippen LogP contribution in [0.4, 0.5) is 0 Å². The fraction of sp³-hybridized carbons (Fsp3) is 0.267. The smallest absolute Gasteiger partial charge is 0.348 e. The Bertz CT molecular complexity index is 579. The molecule has 0 spiro atoms. The van der Waals surface area contributed by atoms with Crippen molar-refractivity contribution in [1.29, 1.82) is 10.5 Å². The number of esters is 1. The van der Waals surface area contributed by atoms with Crippen LogP contribution < -0.4 is 4.74 Å². The first-order valence-electron chi connectivity index (χ1n) is 6.09. The van der Waals surface area contributed by atoms with Crippen molar-refractivity contribution in [2.24, 2.45) is 0 Å². The summed E-state index contributed by atoms with van der Waals surface area (Å²) in [6.45, 7) is 0.328. The molecule has 0 radical (unpaired) electrons. The minimum absolute atomic E-state index is 0.0372. The molecule has 0 fully saturated rings. The van der Waals surface area contributed by atoms with Crippen molar-refractivity contribution in [2.75, 3.05) is 26.9 Å². The molecular weight excluding hydrogens is 272 g/mol. The van der Waals surface area contributed by atoms with E-state index in [0.717, 1.165) is 0 Å². The number of methoxy groups -OCH3 is 1. The van der Waals surface area contributed by atoms with Crippen molar-refractivity contribution in [3.8, 4) is 17.9 Å². The monoisotopic (exact) mass is 286 g/mol. The molecule has 6 nitrogen and oxygen atoms in total. The molecule has 0 saturated heterocycles. The number of carbonyl (C=O) groups excluding carboxylic acids is 1. The third-order valence-electron chi connectivity index (χ3n) is 2.36. The van der Waals surface area contributed by atoms with Gasteiger partial charge in [0.1, 0.15) is 30.1 Å². The van der Waals surface area contributed by atoms with Gasteiger partial charge in [0.25, 0.3) is 0 Å². The highest BCUT2D eigenvalue weighted by atomic mass is 16.6. The molecule has 1 aromatic carbocycles. The molecule has 0 aliphatic rings. The summed E-state index contributed by atoms with van der Waals surface area (Å²) in [4.78, 5) is 11.6. The van der Waals surface area contributed by atoms with Gasteiger partial charge in [0, 0.05) is 7.11 Å². The fourth-order valence-corrected chi connectivity index (χ4v) is 1.37. The number of hydrogen-bond acceptors (Lipinski definition) is 6. The van der Waals surface area contributed by atoms with Gasteiger partial charge in [-0.2, -0.15) is 10.5 Å². The fourth-order valence-electron chi connectivity index (χ4n) is 1.37. The molecule has 108 valence electrons. The van der Waals surface area contributed by atoms with Crippen LogP contribution >= 0.6 is 0 Å². The molecule has 1 aromatic rings. The predicted molar refractivity (Wildman–Crippen MR) is 74.0 cm³/mol. The normalized spacial score (nSPS) is 10.3. The Morgan fingerprint density at radius 1 is 1.24 bits per heavy atom. The van der Waals surface area contributed by atoms with Gasteiger partial charge in [0.05, 0.1) is 6.61 Å². The van der Waals surface area contributed by atoms with E-state index in [1.54, 1.807) is 30.3 Å². The van der Waals surface area contributed by atoms with Gasteiger partial charge in [-0.1, -0.05) is 12.1 Å². The van der Waals surface area contributed by atoms with Crippen LogP contribution in [0.3, 0.4) is 0 Å². The molecule has 0 saturated carbocycles. The second kappa shape index (κ2) is 9.13. The quantitative estimate of drug-likeness (QED) is 0.328. The largest absolute Gasteiger partial charge is 0.479 e. The van der Waals surface area contributed by atoms with Crippen LogP contribution in [0.15, 0.2) is 29.8 Å². The molecule has 0 amide bonds. The molecule has 1 rings (SSSR count). The van der Waals surface area contributed by atoms with E-state index in [1.165, 1.54) is 13.2 Å². The zero-order valence-electron chi connectivity index (χ0n) is 11.5. The lowest BCUT2D eigenvalue weighted by Gasteiger charge is -2.03. The molecule has 0 aliphatic carbocycles. The summed E-state index contributed by atoms with van der Waals surface area (Å²) in [5.74, 6) is -0.158. The third kappa shape index (κ3) is 5.77. The zero-order valence-corrected chi connectivity index (χ0v) is 11.5. The lowest BCUT2D eigenvalue weighted by atomic mass is 10.1. The maximum Gasteiger partial charge on any atom is 0.348 e. The summed E-state index contributed by atoms with van der Waals surface area (Å²) in [6.07, 6.45) is 1.42. The molecule has 0 heterocycles. The molecule has 0 aromatic heterocycles. The maximum absolute atomic E-state index is 11.6. The SMILES string of the molecule is COCCOC(=O)/C(C#N)=C/c1ccc(OCC#N)cc1. The second-order valence-electron chi connectivity index (χ2n) is 3.81. The summed E-state index contributed by atoms with van der Waals surface area (Å²) in [7, 11) is 1.49. The zero-order chi connectivity index (χ0) is 15.5. The Morgan fingerprint density at radius 3 is 2.52 bits per heavy atom. The van der Waals surface area contributed by atoms with Crippen LogP contribution in [-0.2, 0) is 14.3 Å². The summed E-state index contributed by atoms with van der Waals surface area (Å²) in [5.41, 5.74) is 0.552. The molecular formula is C15H14N2O4. The van der Waals surface area contributed by atoms with Gasteiger partial charge in [-0.15, -0.1) is 0 Å². The van der Waals surface area contributed by atoms with Gasteiger partial charge >= 0.3 is 5.97 Å². The predicted octanol–water partition coefficient (Wildman–Crippen LogP) is 1.69. The van der Waals surface area contributed by atoms with E-state index < -0.39 is 5.97 Å². The first-order valence-corrected chi connectivity index (χ1v) is 6.09. The average molecular weight is 286 g/mol. The van der Waals surface area contributed by atoms with Crippen LogP contribution in [-0.4, -0.2) is 32.9 Å². The van der Waals surface area contributed by atoms with Crippen molar-refractivity contribution < 1.29 is 19.0 Å². The Kier molecular flexibility index (Phi) is 7.06. The van der Waals surface area contributed by atoms with Crippen LogP contribution in [0, 0.1) is 22.7 Å². The maximum atomic E-state index is 11.6. The minimum Gasteiger partial charge on any atom is -0.479 e. The highest BCUT2D eigenvalue weighted by Crippen LogP contribution is 2.14. The van der Waals surface area contributed by atoms with Gasteiger partial charge < -0.3 is 14.2 Å². The highest BCUT2D eigenvalue weighted by molar-refractivity contribution is 5.97. The third-order valence-corrected chi connectivity index (χ3v) is 2.36. The first kappa shape index (κ1) is 16.2. The number of carbonyl (C=O) groups is 1. The first-order chi connectivity index (χ1) is 10.2. The lowest BCUT2D eigenvalue weighted by molar-refractivity contribution is -0.139. The van der Waals surface area contributed by atoms with Gasteiger partial charge in [0.2, 0.25) is 0 Å². The highest BCUT2D eigenvalue weighted by Gasteiger charge is 2.10. The van der Waals surface area contributed by atoms with Crippen LogP contribution in [0.1, 0.15) is 5.56 Å². The summed E-state index contributed by atoms with van der Waals surface area (Å²) in [5, 5.41) is 17.4. The van der Waals surface area contributed by atoms with Crippen molar-refractivity contribution in [1.82, 2.24) is 0 Å². The Labute approximate surface area is 122 Å². The van der Waals surface area contributed by atoms with E-state index in [0.29, 0.717) is 11.3 Å². The van der Waals surface area contributed by atoms with Gasteiger partial charge in [-0.05, 0) is 23.8 Å². The molecule has 0 bridgehead atoms. The number of benzene rings is 1. The number of nitrogens with zero attached hydrogens (tertiary/aromatic N) is 2. The molecule has 0 N–H and O–H groups in total. The molecule has 6 heteroatoms. The number of hydrogen-bond donors (Lipinski definition) is 0. The van der Waals surface area contributed by atoms with Crippen molar-refractivity contribution in [3.05, 3.63) is 35.4 Å². The Hall–Kier alpha value is -2.83. The van der Waals surface area contributed by atoms with Crippen molar-refractivity contribution >= 4 is 12.0 Å². The van der Waals surface area contributed by atoms with E-state index in [2.05, 4.69) is 0 Å². The van der Waals surface area contributed by atoms with E-state index in [9.17, 15) is 4.79 Å². The van der Waals surface area contributed by atoms with Gasteiger partial charge in [-0.25, -0.2) is 4.79 Å². The van der Waals surface area contributed by atoms with Gasteiger partial charge in [0.15, 0.2) is 6.61 Å². The second-order valence-corrected chi connectivity index (χ2v) is 3.81. The summed E-state index contributed by atoms with van der Waals surface area (Å²) in [6, 6.07) is 10.3. The molecule has 0 aliphatic heterocycles. The number of ether oxygens (including phenoxy) is 3. The Balaban J connectivity index is 2.72. The lowest BCUT2D eigenvalue weighted by Crippen LogP contribution is -2.11. The van der Waals surface area contributed by atoms with E-state index in [1.807, 2.05) is 6.07 Å². The number of nitriles is 2. The standard InChI is InChI=1S/C15H14N2O4/c1-19-8-9-21-15(18)13(11-17)10-12-2-4-14(5-3-12)20-7-6-16/h2-5,10H,7-9H2,1H3/b13-10+. The average Bonchev–Trinajstić information content (AvgIpc) is 2.51. The van der Waals surface area contributed by atoms with E-state index in [-0.39, 0.29) is 25.4 Å².